The van der Waals surface area contributed by atoms with Gasteiger partial charge in [0.1, 0.15) is 0 Å². The smallest absolute Gasteiger partial charge is 0.299 e. The molecular weight excluding hydrogens is 262 g/mol. The van der Waals surface area contributed by atoms with Crippen LogP contribution >= 0.6 is 11.6 Å². The molecule has 0 spiro atoms. The van der Waals surface area contributed by atoms with Gasteiger partial charge in [-0.3, -0.25) is 4.72 Å². The number of hydrogen-bond donors (Lipinski definition) is 3. The van der Waals surface area contributed by atoms with Crippen molar-refractivity contribution in [2.24, 2.45) is 0 Å². The number of hydrogen-bond acceptors (Lipinski definition) is 3. The maximum absolute atomic E-state index is 11.7. The third kappa shape index (κ3) is 4.07. The van der Waals surface area contributed by atoms with Crippen LogP contribution in [0.2, 0.25) is 5.02 Å². The summed E-state index contributed by atoms with van der Waals surface area (Å²) in [6, 6.07) is 2.93. The normalized spacial score (nSPS) is 11.8. The fourth-order valence-electron chi connectivity index (χ4n) is 1.30. The van der Waals surface area contributed by atoms with Crippen LogP contribution in [0.25, 0.3) is 0 Å². The van der Waals surface area contributed by atoms with E-state index in [1.165, 1.54) is 6.07 Å². The van der Waals surface area contributed by atoms with E-state index in [1.807, 2.05) is 0 Å². The van der Waals surface area contributed by atoms with E-state index in [1.54, 1.807) is 26.8 Å². The summed E-state index contributed by atoms with van der Waals surface area (Å²) < 4.78 is 28.1. The van der Waals surface area contributed by atoms with Crippen LogP contribution in [0.1, 0.15) is 19.4 Å². The Morgan fingerprint density at radius 3 is 2.47 bits per heavy atom. The van der Waals surface area contributed by atoms with E-state index in [2.05, 4.69) is 9.44 Å². The average Bonchev–Trinajstić information content (AvgIpc) is 2.11. The molecule has 0 aliphatic rings. The lowest BCUT2D eigenvalue weighted by Crippen LogP contribution is -2.35. The molecule has 4 N–H and O–H groups in total. The second-order valence-electron chi connectivity index (χ2n) is 4.07. The zero-order valence-electron chi connectivity index (χ0n) is 9.91. The molecule has 0 aliphatic heterocycles. The molecule has 0 aromatic heterocycles. The van der Waals surface area contributed by atoms with Gasteiger partial charge in [-0.2, -0.15) is 13.1 Å². The standard InChI is InChI=1S/C10H16ClN3O2S/c1-6(2)13-17(15,16)14-10-5-8(11)9(12)4-7(10)3/h4-6,13-14H,12H2,1-3H3. The maximum atomic E-state index is 11.7. The van der Waals surface area contributed by atoms with E-state index in [0.29, 0.717) is 22.0 Å². The molecule has 0 amide bonds. The molecule has 7 heteroatoms. The van der Waals surface area contributed by atoms with Gasteiger partial charge >= 0.3 is 0 Å². The molecule has 96 valence electrons. The van der Waals surface area contributed by atoms with Crippen LogP contribution in [-0.2, 0) is 10.2 Å². The van der Waals surface area contributed by atoms with Crippen molar-refractivity contribution in [2.45, 2.75) is 26.8 Å². The topological polar surface area (TPSA) is 84.2 Å². The summed E-state index contributed by atoms with van der Waals surface area (Å²) in [4.78, 5) is 0. The van der Waals surface area contributed by atoms with Crippen LogP contribution in [0.4, 0.5) is 11.4 Å². The van der Waals surface area contributed by atoms with E-state index >= 15 is 0 Å². The molecule has 0 atom stereocenters. The van der Waals surface area contributed by atoms with Gasteiger partial charge in [0.2, 0.25) is 0 Å². The highest BCUT2D eigenvalue weighted by Gasteiger charge is 2.13. The fourth-order valence-corrected chi connectivity index (χ4v) is 2.65. The Labute approximate surface area is 107 Å². The van der Waals surface area contributed by atoms with E-state index in [0.717, 1.165) is 0 Å². The van der Waals surface area contributed by atoms with Crippen LogP contribution in [0.5, 0.6) is 0 Å². The van der Waals surface area contributed by atoms with Gasteiger partial charge in [-0.1, -0.05) is 11.6 Å². The van der Waals surface area contributed by atoms with E-state index in [-0.39, 0.29) is 6.04 Å². The number of anilines is 2. The lowest BCUT2D eigenvalue weighted by atomic mass is 10.2. The number of benzene rings is 1. The summed E-state index contributed by atoms with van der Waals surface area (Å²) in [6.45, 7) is 5.23. The molecule has 0 heterocycles. The van der Waals surface area contributed by atoms with Crippen molar-refractivity contribution in [3.8, 4) is 0 Å². The fraction of sp³-hybridized carbons (Fsp3) is 0.400. The van der Waals surface area contributed by atoms with Crippen molar-refractivity contribution in [3.05, 3.63) is 22.7 Å². The first-order valence-electron chi connectivity index (χ1n) is 5.07. The minimum atomic E-state index is -3.59. The summed E-state index contributed by atoms with van der Waals surface area (Å²) in [5, 5.41) is 0.317. The van der Waals surface area contributed by atoms with Gasteiger partial charge in [0.25, 0.3) is 10.2 Å². The molecule has 0 radical (unpaired) electrons. The number of rotatable bonds is 4. The molecule has 0 unspecified atom stereocenters. The predicted octanol–water partition coefficient (Wildman–Crippen LogP) is 1.89. The molecule has 0 bridgehead atoms. The molecular formula is C10H16ClN3O2S. The summed E-state index contributed by atoms with van der Waals surface area (Å²) in [5.74, 6) is 0. The van der Waals surface area contributed by atoms with E-state index in [4.69, 9.17) is 17.3 Å². The number of nitrogens with one attached hydrogen (secondary N) is 2. The van der Waals surface area contributed by atoms with E-state index < -0.39 is 10.2 Å². The van der Waals surface area contributed by atoms with Gasteiger partial charge in [-0.05, 0) is 38.5 Å². The first-order chi connectivity index (χ1) is 7.71. The molecule has 0 aliphatic carbocycles. The molecule has 0 fully saturated rings. The third-order valence-corrected chi connectivity index (χ3v) is 3.58. The molecule has 0 saturated heterocycles. The maximum Gasteiger partial charge on any atom is 0.299 e. The first-order valence-corrected chi connectivity index (χ1v) is 6.93. The van der Waals surface area contributed by atoms with Gasteiger partial charge < -0.3 is 5.73 Å². The minimum Gasteiger partial charge on any atom is -0.398 e. The molecule has 1 rings (SSSR count). The van der Waals surface area contributed by atoms with Crippen molar-refractivity contribution in [1.29, 1.82) is 0 Å². The highest BCUT2D eigenvalue weighted by atomic mass is 35.5. The Hall–Kier alpha value is -0.980. The second-order valence-corrected chi connectivity index (χ2v) is 5.92. The van der Waals surface area contributed by atoms with Crippen molar-refractivity contribution in [1.82, 2.24) is 4.72 Å². The Kier molecular flexibility index (Phi) is 4.24. The largest absolute Gasteiger partial charge is 0.398 e. The molecule has 1 aromatic rings. The first kappa shape index (κ1) is 14.1. The van der Waals surface area contributed by atoms with Gasteiger partial charge in [-0.15, -0.1) is 0 Å². The zero-order chi connectivity index (χ0) is 13.2. The monoisotopic (exact) mass is 277 g/mol. The Morgan fingerprint density at radius 2 is 1.94 bits per heavy atom. The van der Waals surface area contributed by atoms with Crippen LogP contribution in [-0.4, -0.2) is 14.5 Å². The van der Waals surface area contributed by atoms with Crippen LogP contribution < -0.4 is 15.2 Å². The number of nitrogens with two attached hydrogens (primary N) is 1. The van der Waals surface area contributed by atoms with Gasteiger partial charge in [0, 0.05) is 6.04 Å². The SMILES string of the molecule is Cc1cc(N)c(Cl)cc1NS(=O)(=O)NC(C)C. The van der Waals surface area contributed by atoms with Gasteiger partial charge in [0.05, 0.1) is 16.4 Å². The third-order valence-electron chi connectivity index (χ3n) is 1.98. The Morgan fingerprint density at radius 1 is 1.35 bits per heavy atom. The number of halogens is 1. The minimum absolute atomic E-state index is 0.183. The second kappa shape index (κ2) is 5.12. The Bertz CT molecular complexity index is 515. The quantitative estimate of drug-likeness (QED) is 0.735. The molecule has 17 heavy (non-hydrogen) atoms. The average molecular weight is 278 g/mol. The van der Waals surface area contributed by atoms with Gasteiger partial charge in [0.15, 0.2) is 0 Å². The summed E-state index contributed by atoms with van der Waals surface area (Å²) >= 11 is 5.84. The summed E-state index contributed by atoms with van der Waals surface area (Å²) in [6.07, 6.45) is 0. The van der Waals surface area contributed by atoms with Crippen LogP contribution in [0, 0.1) is 6.92 Å². The van der Waals surface area contributed by atoms with Crippen molar-refractivity contribution >= 4 is 33.2 Å². The van der Waals surface area contributed by atoms with Crippen molar-refractivity contribution < 1.29 is 8.42 Å². The lowest BCUT2D eigenvalue weighted by molar-refractivity contribution is 0.575. The lowest BCUT2D eigenvalue weighted by Gasteiger charge is -2.14. The summed E-state index contributed by atoms with van der Waals surface area (Å²) in [5.41, 5.74) is 7.15. The number of aryl methyl sites for hydroxylation is 1. The molecule has 1 aromatic carbocycles. The van der Waals surface area contributed by atoms with Crippen molar-refractivity contribution in [2.75, 3.05) is 10.5 Å². The Balaban J connectivity index is 3.00. The molecule has 0 saturated carbocycles. The van der Waals surface area contributed by atoms with Crippen LogP contribution in [0.3, 0.4) is 0 Å². The number of nitrogen functional groups attached to an aromatic ring is 1. The highest BCUT2D eigenvalue weighted by Crippen LogP contribution is 2.27. The molecule has 5 nitrogen and oxygen atoms in total. The summed E-state index contributed by atoms with van der Waals surface area (Å²) in [7, 11) is -3.59. The van der Waals surface area contributed by atoms with Gasteiger partial charge in [-0.25, -0.2) is 0 Å². The zero-order valence-corrected chi connectivity index (χ0v) is 11.5. The van der Waals surface area contributed by atoms with Crippen molar-refractivity contribution in [3.63, 3.8) is 0 Å². The van der Waals surface area contributed by atoms with Crippen LogP contribution in [0.15, 0.2) is 12.1 Å². The van der Waals surface area contributed by atoms with E-state index in [9.17, 15) is 8.42 Å². The predicted molar refractivity (Wildman–Crippen MR) is 71.4 cm³/mol. The highest BCUT2D eigenvalue weighted by molar-refractivity contribution is 7.90.